The highest BCUT2D eigenvalue weighted by Gasteiger charge is 2.03. The molecule has 0 bridgehead atoms. The van der Waals surface area contributed by atoms with Gasteiger partial charge >= 0.3 is 0 Å². The lowest BCUT2D eigenvalue weighted by Gasteiger charge is -2.18. The van der Waals surface area contributed by atoms with Crippen LogP contribution in [0.15, 0.2) is 22.7 Å². The van der Waals surface area contributed by atoms with Gasteiger partial charge in [-0.2, -0.15) is 0 Å². The first-order chi connectivity index (χ1) is 9.02. The van der Waals surface area contributed by atoms with Gasteiger partial charge in [0.15, 0.2) is 0 Å². The lowest BCUT2D eigenvalue weighted by molar-refractivity contribution is 0.331. The Morgan fingerprint density at radius 3 is 2.63 bits per heavy atom. The van der Waals surface area contributed by atoms with Gasteiger partial charge in [0.2, 0.25) is 0 Å². The normalized spacial score (nSPS) is 11.3. The first-order valence-corrected chi connectivity index (χ1v) is 7.56. The summed E-state index contributed by atoms with van der Waals surface area (Å²) >= 11 is 3.52. The molecule has 1 aromatic rings. The SMILES string of the molecule is COc1ccc(CCN(C)CCNC(C)C)cc1Br. The zero-order valence-corrected chi connectivity index (χ0v) is 14.0. The van der Waals surface area contributed by atoms with Crippen LogP contribution >= 0.6 is 15.9 Å². The zero-order valence-electron chi connectivity index (χ0n) is 12.4. The standard InChI is InChI=1S/C15H25BrN2O/c1-12(2)17-8-10-18(3)9-7-13-5-6-15(19-4)14(16)11-13/h5-6,11-12,17H,7-10H2,1-4H3. The first-order valence-electron chi connectivity index (χ1n) is 6.77. The minimum atomic E-state index is 0.561. The molecule has 0 spiro atoms. The Morgan fingerprint density at radius 1 is 1.32 bits per heavy atom. The summed E-state index contributed by atoms with van der Waals surface area (Å²) in [6.07, 6.45) is 1.06. The minimum Gasteiger partial charge on any atom is -0.496 e. The van der Waals surface area contributed by atoms with Crippen molar-refractivity contribution in [1.82, 2.24) is 10.2 Å². The summed E-state index contributed by atoms with van der Waals surface area (Å²) in [4.78, 5) is 2.35. The van der Waals surface area contributed by atoms with Crippen molar-refractivity contribution in [2.24, 2.45) is 0 Å². The van der Waals surface area contributed by atoms with Gasteiger partial charge in [0.05, 0.1) is 11.6 Å². The molecule has 0 heterocycles. The monoisotopic (exact) mass is 328 g/mol. The lowest BCUT2D eigenvalue weighted by Crippen LogP contribution is -2.33. The summed E-state index contributed by atoms with van der Waals surface area (Å²) in [6.45, 7) is 7.54. The van der Waals surface area contributed by atoms with Crippen LogP contribution in [0.25, 0.3) is 0 Å². The van der Waals surface area contributed by atoms with Crippen LogP contribution in [0.5, 0.6) is 5.75 Å². The van der Waals surface area contributed by atoms with E-state index >= 15 is 0 Å². The number of ether oxygens (including phenoxy) is 1. The number of hydrogen-bond acceptors (Lipinski definition) is 3. The summed E-state index contributed by atoms with van der Waals surface area (Å²) in [5.74, 6) is 0.887. The highest BCUT2D eigenvalue weighted by Crippen LogP contribution is 2.25. The van der Waals surface area contributed by atoms with Crippen LogP contribution < -0.4 is 10.1 Å². The number of nitrogens with one attached hydrogen (secondary N) is 1. The number of rotatable bonds is 8. The summed E-state index contributed by atoms with van der Waals surface area (Å²) in [5, 5.41) is 3.43. The van der Waals surface area contributed by atoms with Crippen LogP contribution in [-0.4, -0.2) is 44.7 Å². The Balaban J connectivity index is 2.33. The van der Waals surface area contributed by atoms with E-state index in [1.807, 2.05) is 6.07 Å². The fourth-order valence-corrected chi connectivity index (χ4v) is 2.43. The Morgan fingerprint density at radius 2 is 2.05 bits per heavy atom. The number of hydrogen-bond donors (Lipinski definition) is 1. The molecule has 1 aromatic carbocycles. The van der Waals surface area contributed by atoms with Crippen molar-refractivity contribution in [1.29, 1.82) is 0 Å². The Hall–Kier alpha value is -0.580. The molecule has 1 rings (SSSR count). The Kier molecular flexibility index (Phi) is 7.42. The maximum absolute atomic E-state index is 5.24. The van der Waals surface area contributed by atoms with Crippen LogP contribution in [0.1, 0.15) is 19.4 Å². The average Bonchev–Trinajstić information content (AvgIpc) is 2.36. The molecular weight excluding hydrogens is 304 g/mol. The summed E-state index contributed by atoms with van der Waals surface area (Å²) in [5.41, 5.74) is 1.33. The van der Waals surface area contributed by atoms with E-state index in [9.17, 15) is 0 Å². The molecule has 0 radical (unpaired) electrons. The molecular formula is C15H25BrN2O. The molecule has 0 unspecified atom stereocenters. The van der Waals surface area contributed by atoms with E-state index < -0.39 is 0 Å². The first kappa shape index (κ1) is 16.5. The molecule has 0 saturated carbocycles. The molecule has 0 saturated heterocycles. The van der Waals surface area contributed by atoms with E-state index in [4.69, 9.17) is 4.74 Å². The lowest BCUT2D eigenvalue weighted by atomic mass is 10.1. The van der Waals surface area contributed by atoms with Gasteiger partial charge in [-0.15, -0.1) is 0 Å². The van der Waals surface area contributed by atoms with Crippen molar-refractivity contribution in [3.63, 3.8) is 0 Å². The summed E-state index contributed by atoms with van der Waals surface area (Å²) < 4.78 is 6.26. The van der Waals surface area contributed by atoms with Gasteiger partial charge in [0.25, 0.3) is 0 Å². The third-order valence-electron chi connectivity index (χ3n) is 3.04. The number of nitrogens with zero attached hydrogens (tertiary/aromatic N) is 1. The number of benzene rings is 1. The molecule has 0 aromatic heterocycles. The fourth-order valence-electron chi connectivity index (χ4n) is 1.84. The van der Waals surface area contributed by atoms with Gasteiger partial charge in [0.1, 0.15) is 5.75 Å². The fraction of sp³-hybridized carbons (Fsp3) is 0.600. The molecule has 108 valence electrons. The van der Waals surface area contributed by atoms with E-state index in [-0.39, 0.29) is 0 Å². The summed E-state index contributed by atoms with van der Waals surface area (Å²) in [7, 11) is 3.86. The van der Waals surface area contributed by atoms with Crippen molar-refractivity contribution in [3.05, 3.63) is 28.2 Å². The largest absolute Gasteiger partial charge is 0.496 e. The van der Waals surface area contributed by atoms with E-state index in [1.54, 1.807) is 7.11 Å². The predicted molar refractivity (Wildman–Crippen MR) is 85.0 cm³/mol. The van der Waals surface area contributed by atoms with E-state index in [0.29, 0.717) is 6.04 Å². The van der Waals surface area contributed by atoms with Gasteiger partial charge in [-0.3, -0.25) is 0 Å². The second-order valence-electron chi connectivity index (χ2n) is 5.13. The number of likely N-dealkylation sites (N-methyl/N-ethyl adjacent to an activating group) is 1. The minimum absolute atomic E-state index is 0.561. The van der Waals surface area contributed by atoms with Crippen LogP contribution in [0.4, 0.5) is 0 Å². The smallest absolute Gasteiger partial charge is 0.133 e. The van der Waals surface area contributed by atoms with Gasteiger partial charge < -0.3 is 15.0 Å². The highest BCUT2D eigenvalue weighted by atomic mass is 79.9. The third kappa shape index (κ3) is 6.41. The van der Waals surface area contributed by atoms with E-state index in [0.717, 1.165) is 36.3 Å². The second-order valence-corrected chi connectivity index (χ2v) is 5.99. The van der Waals surface area contributed by atoms with Crippen molar-refractivity contribution in [2.75, 3.05) is 33.8 Å². The second kappa shape index (κ2) is 8.56. The molecule has 0 fully saturated rings. The molecule has 0 amide bonds. The number of halogens is 1. The molecule has 0 atom stereocenters. The van der Waals surface area contributed by atoms with Gasteiger partial charge in [-0.25, -0.2) is 0 Å². The zero-order chi connectivity index (χ0) is 14.3. The highest BCUT2D eigenvalue weighted by molar-refractivity contribution is 9.10. The molecule has 19 heavy (non-hydrogen) atoms. The average molecular weight is 329 g/mol. The van der Waals surface area contributed by atoms with E-state index in [2.05, 4.69) is 59.2 Å². The molecule has 1 N–H and O–H groups in total. The van der Waals surface area contributed by atoms with Crippen molar-refractivity contribution >= 4 is 15.9 Å². The predicted octanol–water partition coefficient (Wildman–Crippen LogP) is 2.93. The molecule has 0 aliphatic rings. The van der Waals surface area contributed by atoms with Gasteiger partial charge in [0, 0.05) is 25.7 Å². The molecule has 0 aliphatic carbocycles. The molecule has 0 aliphatic heterocycles. The topological polar surface area (TPSA) is 24.5 Å². The van der Waals surface area contributed by atoms with Crippen LogP contribution in [0.3, 0.4) is 0 Å². The molecule has 3 nitrogen and oxygen atoms in total. The van der Waals surface area contributed by atoms with Crippen molar-refractivity contribution < 1.29 is 4.74 Å². The van der Waals surface area contributed by atoms with Crippen molar-refractivity contribution in [3.8, 4) is 5.75 Å². The Labute approximate surface area is 125 Å². The molecule has 4 heteroatoms. The quantitative estimate of drug-likeness (QED) is 0.794. The van der Waals surface area contributed by atoms with Crippen molar-refractivity contribution in [2.45, 2.75) is 26.3 Å². The van der Waals surface area contributed by atoms with Crippen LogP contribution in [-0.2, 0) is 6.42 Å². The van der Waals surface area contributed by atoms with Crippen LogP contribution in [0, 0.1) is 0 Å². The van der Waals surface area contributed by atoms with Gasteiger partial charge in [-0.1, -0.05) is 19.9 Å². The van der Waals surface area contributed by atoms with E-state index in [1.165, 1.54) is 5.56 Å². The Bertz CT molecular complexity index is 382. The maximum Gasteiger partial charge on any atom is 0.133 e. The third-order valence-corrected chi connectivity index (χ3v) is 3.66. The maximum atomic E-state index is 5.24. The van der Waals surface area contributed by atoms with Gasteiger partial charge in [-0.05, 0) is 47.1 Å². The summed E-state index contributed by atoms with van der Waals surface area (Å²) in [6, 6.07) is 6.84. The number of methoxy groups -OCH3 is 1. The van der Waals surface area contributed by atoms with Crippen LogP contribution in [0.2, 0.25) is 0 Å².